The standard InChI is InChI=1S/C28H44N4O13/c1-7-8-9-10-19(35)42-15(3)43-26(39)31-25(32-27(40)45-28(4,5)6)30-16-13-18(24(37)38)44-22(20(16)29-14(2)33)23-21(36)17(34)11-12-41-23/h13,15-17,20-23,34,36H,7-12H2,1-6H3,(H,29,33)(H,37,38)(H2,30,31,32,39,40)/t15?,16-,17+,20+,21+,22+,23+/m0/s1. The minimum atomic E-state index is -1.53. The number of guanidine groups is 1. The highest BCUT2D eigenvalue weighted by Gasteiger charge is 2.48. The maximum Gasteiger partial charge on any atom is 0.417 e. The van der Waals surface area contributed by atoms with Crippen LogP contribution in [0.15, 0.2) is 16.8 Å². The molecule has 1 unspecified atom stereocenters. The van der Waals surface area contributed by atoms with Crippen molar-refractivity contribution in [2.45, 2.75) is 122 Å². The SMILES string of the molecule is CCCCCC(=O)OC(C)OC(=O)NC(=N[C@H]1C=C(C(=O)O)O[C@@H]([C@@H]2OCC[C@@H](O)[C@H]2O)[C@@H]1NC(C)=O)NC(=O)OC(C)(C)C. The summed E-state index contributed by atoms with van der Waals surface area (Å²) in [6.45, 7) is 9.20. The van der Waals surface area contributed by atoms with Gasteiger partial charge in [0.15, 0.2) is 6.10 Å². The summed E-state index contributed by atoms with van der Waals surface area (Å²) in [5.41, 5.74) is -0.968. The van der Waals surface area contributed by atoms with Crippen LogP contribution >= 0.6 is 0 Å². The van der Waals surface area contributed by atoms with Crippen molar-refractivity contribution in [3.8, 4) is 0 Å². The number of nitrogens with zero attached hydrogens (tertiary/aromatic N) is 1. The molecule has 2 aliphatic heterocycles. The lowest BCUT2D eigenvalue weighted by atomic mass is 9.88. The number of hydrogen-bond acceptors (Lipinski definition) is 13. The van der Waals surface area contributed by atoms with Gasteiger partial charge in [-0.2, -0.15) is 0 Å². The van der Waals surface area contributed by atoms with E-state index >= 15 is 0 Å². The van der Waals surface area contributed by atoms with Crippen LogP contribution in [0.1, 0.15) is 73.6 Å². The summed E-state index contributed by atoms with van der Waals surface area (Å²) < 4.78 is 26.6. The summed E-state index contributed by atoms with van der Waals surface area (Å²) >= 11 is 0. The maximum atomic E-state index is 12.8. The van der Waals surface area contributed by atoms with Gasteiger partial charge in [-0.15, -0.1) is 0 Å². The first kappa shape index (κ1) is 37.2. The Labute approximate surface area is 260 Å². The fourth-order valence-corrected chi connectivity index (χ4v) is 4.44. The number of carbonyl (C=O) groups is 5. The molecule has 0 bridgehead atoms. The number of aliphatic hydroxyl groups excluding tert-OH is 2. The van der Waals surface area contributed by atoms with Crippen LogP contribution in [0.2, 0.25) is 0 Å². The molecular weight excluding hydrogens is 600 g/mol. The molecule has 7 atom stereocenters. The predicted octanol–water partition coefficient (Wildman–Crippen LogP) is 0.814. The molecule has 2 rings (SSSR count). The van der Waals surface area contributed by atoms with Crippen LogP contribution < -0.4 is 16.0 Å². The largest absolute Gasteiger partial charge is 0.478 e. The van der Waals surface area contributed by atoms with E-state index < -0.39 is 90.1 Å². The van der Waals surface area contributed by atoms with E-state index in [0.29, 0.717) is 6.42 Å². The molecule has 254 valence electrons. The number of nitrogens with one attached hydrogen (secondary N) is 3. The zero-order valence-corrected chi connectivity index (χ0v) is 26.2. The molecule has 0 aromatic heterocycles. The number of aliphatic hydroxyl groups is 2. The number of aliphatic carboxylic acids is 1. The smallest absolute Gasteiger partial charge is 0.417 e. The van der Waals surface area contributed by atoms with E-state index in [1.54, 1.807) is 20.8 Å². The van der Waals surface area contributed by atoms with Gasteiger partial charge in [-0.25, -0.2) is 19.4 Å². The maximum absolute atomic E-state index is 12.8. The quantitative estimate of drug-likeness (QED) is 0.0635. The summed E-state index contributed by atoms with van der Waals surface area (Å²) in [4.78, 5) is 65.9. The number of alkyl carbamates (subject to hydrolysis) is 2. The third kappa shape index (κ3) is 12.5. The lowest BCUT2D eigenvalue weighted by Crippen LogP contribution is -2.62. The third-order valence-electron chi connectivity index (χ3n) is 6.34. The highest BCUT2D eigenvalue weighted by atomic mass is 16.7. The van der Waals surface area contributed by atoms with Crippen molar-refractivity contribution in [1.29, 1.82) is 0 Å². The summed E-state index contributed by atoms with van der Waals surface area (Å²) in [5, 5.41) is 37.6. The average Bonchev–Trinajstić information content (AvgIpc) is 2.89. The molecule has 17 heteroatoms. The Morgan fingerprint density at radius 1 is 1.07 bits per heavy atom. The van der Waals surface area contributed by atoms with Crippen LogP contribution in [0.5, 0.6) is 0 Å². The van der Waals surface area contributed by atoms with Gasteiger partial charge in [-0.1, -0.05) is 19.8 Å². The lowest BCUT2D eigenvalue weighted by molar-refractivity contribution is -0.185. The summed E-state index contributed by atoms with van der Waals surface area (Å²) in [5.74, 6) is -3.96. The van der Waals surface area contributed by atoms with Crippen molar-refractivity contribution in [3.05, 3.63) is 11.8 Å². The topological polar surface area (TPSA) is 241 Å². The van der Waals surface area contributed by atoms with Crippen LogP contribution in [0.3, 0.4) is 0 Å². The number of amides is 3. The number of aliphatic imine (C=N–C) groups is 1. The van der Waals surface area contributed by atoms with E-state index in [1.807, 2.05) is 6.92 Å². The molecule has 0 spiro atoms. The first-order valence-corrected chi connectivity index (χ1v) is 14.6. The normalized spacial score (nSPS) is 25.9. The van der Waals surface area contributed by atoms with E-state index in [4.69, 9.17) is 23.7 Å². The molecule has 6 N–H and O–H groups in total. The van der Waals surface area contributed by atoms with Gasteiger partial charge in [-0.05, 0) is 39.7 Å². The van der Waals surface area contributed by atoms with E-state index in [-0.39, 0.29) is 19.4 Å². The third-order valence-corrected chi connectivity index (χ3v) is 6.34. The molecule has 0 aliphatic carbocycles. The Morgan fingerprint density at radius 3 is 2.33 bits per heavy atom. The highest BCUT2D eigenvalue weighted by Crippen LogP contribution is 2.29. The Balaban J connectivity index is 2.43. The van der Waals surface area contributed by atoms with E-state index in [2.05, 4.69) is 20.9 Å². The van der Waals surface area contributed by atoms with Crippen molar-refractivity contribution in [2.24, 2.45) is 4.99 Å². The van der Waals surface area contributed by atoms with Crippen LogP contribution in [0.4, 0.5) is 9.59 Å². The Kier molecular flexibility index (Phi) is 14.0. The second kappa shape index (κ2) is 16.9. The minimum Gasteiger partial charge on any atom is -0.478 e. The van der Waals surface area contributed by atoms with Crippen molar-refractivity contribution in [2.75, 3.05) is 6.61 Å². The molecule has 1 saturated heterocycles. The molecule has 0 aromatic carbocycles. The van der Waals surface area contributed by atoms with Crippen LogP contribution in [0.25, 0.3) is 0 Å². The van der Waals surface area contributed by atoms with E-state index in [1.165, 1.54) is 13.8 Å². The second-order valence-electron chi connectivity index (χ2n) is 11.5. The average molecular weight is 645 g/mol. The Hall–Kier alpha value is -3.96. The van der Waals surface area contributed by atoms with Gasteiger partial charge < -0.3 is 44.3 Å². The van der Waals surface area contributed by atoms with Gasteiger partial charge in [0.25, 0.3) is 0 Å². The molecule has 45 heavy (non-hydrogen) atoms. The molecule has 3 amide bonds. The van der Waals surface area contributed by atoms with Crippen molar-refractivity contribution >= 4 is 36.0 Å². The van der Waals surface area contributed by atoms with Crippen molar-refractivity contribution < 1.29 is 63.0 Å². The monoisotopic (exact) mass is 644 g/mol. The fourth-order valence-electron chi connectivity index (χ4n) is 4.44. The van der Waals surface area contributed by atoms with Gasteiger partial charge in [0.1, 0.15) is 17.8 Å². The first-order chi connectivity index (χ1) is 21.0. The van der Waals surface area contributed by atoms with Gasteiger partial charge >= 0.3 is 24.1 Å². The second-order valence-corrected chi connectivity index (χ2v) is 11.5. The molecule has 2 aliphatic rings. The number of unbranched alkanes of at least 4 members (excludes halogenated alkanes) is 2. The van der Waals surface area contributed by atoms with Gasteiger partial charge in [-0.3, -0.25) is 20.2 Å². The van der Waals surface area contributed by atoms with Crippen LogP contribution in [0, 0.1) is 0 Å². The number of carboxylic acid groups (broad SMARTS) is 1. The Bertz CT molecular complexity index is 1140. The first-order valence-electron chi connectivity index (χ1n) is 14.6. The molecule has 17 nitrogen and oxygen atoms in total. The zero-order chi connectivity index (χ0) is 33.9. The molecule has 0 radical (unpaired) electrons. The van der Waals surface area contributed by atoms with E-state index in [0.717, 1.165) is 18.9 Å². The number of hydrogen-bond donors (Lipinski definition) is 6. The number of rotatable bonds is 10. The zero-order valence-electron chi connectivity index (χ0n) is 26.2. The number of carbonyl (C=O) groups excluding carboxylic acids is 4. The summed E-state index contributed by atoms with van der Waals surface area (Å²) in [7, 11) is 0. The van der Waals surface area contributed by atoms with Crippen molar-refractivity contribution in [1.82, 2.24) is 16.0 Å². The summed E-state index contributed by atoms with van der Waals surface area (Å²) in [6, 6.07) is -2.61. The lowest BCUT2D eigenvalue weighted by Gasteiger charge is -2.43. The molecule has 0 saturated carbocycles. The molecule has 2 heterocycles. The predicted molar refractivity (Wildman–Crippen MR) is 154 cm³/mol. The van der Waals surface area contributed by atoms with E-state index in [9.17, 15) is 39.3 Å². The van der Waals surface area contributed by atoms with Gasteiger partial charge in [0, 0.05) is 26.9 Å². The van der Waals surface area contributed by atoms with Crippen LogP contribution in [-0.4, -0.2) is 106 Å². The minimum absolute atomic E-state index is 0.00416. The molecule has 0 aromatic rings. The van der Waals surface area contributed by atoms with Crippen LogP contribution in [-0.2, 0) is 38.1 Å². The highest BCUT2D eigenvalue weighted by molar-refractivity contribution is 6.01. The number of ether oxygens (including phenoxy) is 5. The molecular formula is C28H44N4O13. The van der Waals surface area contributed by atoms with Gasteiger partial charge in [0.2, 0.25) is 23.9 Å². The Morgan fingerprint density at radius 2 is 1.73 bits per heavy atom. The number of esters is 1. The summed E-state index contributed by atoms with van der Waals surface area (Å²) in [6.07, 6.45) is -5.50. The molecule has 1 fully saturated rings. The fraction of sp³-hybridized carbons (Fsp3) is 0.714. The van der Waals surface area contributed by atoms with Gasteiger partial charge in [0.05, 0.1) is 18.2 Å². The number of carboxylic acids is 1. The van der Waals surface area contributed by atoms with Crippen molar-refractivity contribution in [3.63, 3.8) is 0 Å².